The van der Waals surface area contributed by atoms with Gasteiger partial charge in [0.2, 0.25) is 5.95 Å². The number of rotatable bonds is 4. The largest absolute Gasteiger partial charge is 0.465 e. The van der Waals surface area contributed by atoms with E-state index in [-0.39, 0.29) is 21.6 Å². The lowest BCUT2D eigenvalue weighted by atomic mass is 10.1. The van der Waals surface area contributed by atoms with Gasteiger partial charge in [0, 0.05) is 34.9 Å². The van der Waals surface area contributed by atoms with E-state index in [1.165, 1.54) is 30.6 Å². The van der Waals surface area contributed by atoms with Crippen LogP contribution in [-0.4, -0.2) is 44.1 Å². The maximum Gasteiger partial charge on any atom is 0.414 e. The summed E-state index contributed by atoms with van der Waals surface area (Å²) in [6.07, 6.45) is 1.69. The minimum absolute atomic E-state index is 0.0647. The van der Waals surface area contributed by atoms with Crippen LogP contribution in [0.5, 0.6) is 0 Å². The number of halogens is 1. The van der Waals surface area contributed by atoms with Gasteiger partial charge in [0.15, 0.2) is 5.65 Å². The van der Waals surface area contributed by atoms with Gasteiger partial charge in [-0.15, -0.1) is 0 Å². The summed E-state index contributed by atoms with van der Waals surface area (Å²) in [5.74, 6) is -0.0678. The van der Waals surface area contributed by atoms with Crippen molar-refractivity contribution in [2.45, 2.75) is 31.2 Å². The average Bonchev–Trinajstić information content (AvgIpc) is 3.17. The summed E-state index contributed by atoms with van der Waals surface area (Å²) in [6.45, 7) is 5.15. The summed E-state index contributed by atoms with van der Waals surface area (Å²) in [7, 11) is -3.81. The summed E-state index contributed by atoms with van der Waals surface area (Å²) in [5.41, 5.74) is 0.333. The van der Waals surface area contributed by atoms with Gasteiger partial charge < -0.3 is 5.11 Å². The van der Waals surface area contributed by atoms with E-state index in [4.69, 9.17) is 11.6 Å². The third-order valence-electron chi connectivity index (χ3n) is 4.83. The van der Waals surface area contributed by atoms with E-state index < -0.39 is 21.7 Å². The lowest BCUT2D eigenvalue weighted by molar-refractivity contribution is 0.195. The molecule has 0 unspecified atom stereocenters. The lowest BCUT2D eigenvalue weighted by Gasteiger charge is -2.31. The van der Waals surface area contributed by atoms with E-state index in [1.807, 2.05) is 0 Å². The standard InChI is InChI=1S/C22H20ClN5O4S/c1-22(2,3)28(21(29)30)20-25-17(12-18(23)26-20)15-11-14-9-10-27(19(14)24-13-15)33(31,32)16-7-5-4-6-8-16/h4-13H,1-3H3,(H,29,30). The number of hydrogen-bond acceptors (Lipinski definition) is 6. The van der Waals surface area contributed by atoms with Crippen LogP contribution in [0, 0.1) is 0 Å². The highest BCUT2D eigenvalue weighted by Crippen LogP contribution is 2.29. The smallest absolute Gasteiger partial charge is 0.414 e. The molecule has 1 N–H and O–H groups in total. The molecule has 0 saturated carbocycles. The normalized spacial score (nSPS) is 12.1. The molecule has 0 bridgehead atoms. The predicted molar refractivity (Wildman–Crippen MR) is 125 cm³/mol. The van der Waals surface area contributed by atoms with Crippen molar-refractivity contribution in [3.63, 3.8) is 0 Å². The van der Waals surface area contributed by atoms with Crippen LogP contribution in [0.15, 0.2) is 65.8 Å². The van der Waals surface area contributed by atoms with E-state index >= 15 is 0 Å². The molecule has 0 saturated heterocycles. The van der Waals surface area contributed by atoms with E-state index in [0.717, 1.165) is 8.87 Å². The van der Waals surface area contributed by atoms with Gasteiger partial charge in [-0.2, -0.15) is 0 Å². The SMILES string of the molecule is CC(C)(C)N(C(=O)O)c1nc(Cl)cc(-c2cnc3c(ccn3S(=O)(=O)c3ccccc3)c2)n1. The molecule has 0 aliphatic heterocycles. The summed E-state index contributed by atoms with van der Waals surface area (Å²) in [4.78, 5) is 25.8. The van der Waals surface area contributed by atoms with Crippen molar-refractivity contribution in [2.75, 3.05) is 4.90 Å². The Morgan fingerprint density at radius 3 is 2.42 bits per heavy atom. The zero-order valence-corrected chi connectivity index (χ0v) is 19.5. The van der Waals surface area contributed by atoms with E-state index in [2.05, 4.69) is 15.0 Å². The van der Waals surface area contributed by atoms with Crippen molar-refractivity contribution >= 4 is 44.7 Å². The van der Waals surface area contributed by atoms with E-state index in [0.29, 0.717) is 16.6 Å². The first kappa shape index (κ1) is 22.7. The van der Waals surface area contributed by atoms with Crippen molar-refractivity contribution in [3.05, 3.63) is 66.1 Å². The van der Waals surface area contributed by atoms with Crippen molar-refractivity contribution in [3.8, 4) is 11.3 Å². The van der Waals surface area contributed by atoms with Crippen LogP contribution in [0.2, 0.25) is 5.15 Å². The number of carbonyl (C=O) groups is 1. The summed E-state index contributed by atoms with van der Waals surface area (Å²) < 4.78 is 27.1. The molecule has 9 nitrogen and oxygen atoms in total. The monoisotopic (exact) mass is 485 g/mol. The molecule has 0 radical (unpaired) electrons. The minimum Gasteiger partial charge on any atom is -0.465 e. The Kier molecular flexibility index (Phi) is 5.59. The summed E-state index contributed by atoms with van der Waals surface area (Å²) in [5, 5.41) is 10.3. The van der Waals surface area contributed by atoms with Crippen LogP contribution in [0.3, 0.4) is 0 Å². The molecule has 0 fully saturated rings. The quantitative estimate of drug-likeness (QED) is 0.417. The first-order valence-corrected chi connectivity index (χ1v) is 11.7. The molecule has 0 spiro atoms. The first-order valence-electron chi connectivity index (χ1n) is 9.84. The number of fused-ring (bicyclic) bond motifs is 1. The second kappa shape index (κ2) is 8.13. The number of aromatic nitrogens is 4. The molecule has 3 heterocycles. The predicted octanol–water partition coefficient (Wildman–Crippen LogP) is 4.67. The van der Waals surface area contributed by atoms with E-state index in [1.54, 1.807) is 51.1 Å². The molecule has 11 heteroatoms. The third-order valence-corrected chi connectivity index (χ3v) is 6.71. The zero-order valence-electron chi connectivity index (χ0n) is 18.0. The molecule has 0 aliphatic carbocycles. The average molecular weight is 486 g/mol. The van der Waals surface area contributed by atoms with Crippen LogP contribution in [0.1, 0.15) is 20.8 Å². The number of hydrogen-bond donors (Lipinski definition) is 1. The fourth-order valence-corrected chi connectivity index (χ4v) is 4.87. The maximum absolute atomic E-state index is 13.0. The van der Waals surface area contributed by atoms with Crippen LogP contribution in [-0.2, 0) is 10.0 Å². The summed E-state index contributed by atoms with van der Waals surface area (Å²) in [6, 6.07) is 12.9. The Hall–Kier alpha value is -3.50. The lowest BCUT2D eigenvalue weighted by Crippen LogP contribution is -2.46. The highest BCUT2D eigenvalue weighted by molar-refractivity contribution is 7.90. The maximum atomic E-state index is 13.0. The molecule has 1 aromatic carbocycles. The van der Waals surface area contributed by atoms with Crippen molar-refractivity contribution < 1.29 is 18.3 Å². The van der Waals surface area contributed by atoms with Crippen molar-refractivity contribution in [1.82, 2.24) is 18.9 Å². The molecular weight excluding hydrogens is 466 g/mol. The number of pyridine rings is 1. The van der Waals surface area contributed by atoms with Gasteiger partial charge in [-0.25, -0.2) is 37.0 Å². The molecule has 4 aromatic rings. The van der Waals surface area contributed by atoms with Crippen LogP contribution in [0.25, 0.3) is 22.3 Å². The summed E-state index contributed by atoms with van der Waals surface area (Å²) >= 11 is 6.17. The molecular formula is C22H20ClN5O4S. The van der Waals surface area contributed by atoms with E-state index in [9.17, 15) is 18.3 Å². The Morgan fingerprint density at radius 1 is 1.09 bits per heavy atom. The van der Waals surface area contributed by atoms with Gasteiger partial charge in [0.25, 0.3) is 10.0 Å². The number of anilines is 1. The highest BCUT2D eigenvalue weighted by Gasteiger charge is 2.31. The Labute approximate surface area is 195 Å². The molecule has 1 amide bonds. The third kappa shape index (κ3) is 4.27. The second-order valence-corrected chi connectivity index (χ2v) is 10.4. The fraction of sp³-hybridized carbons (Fsp3) is 0.182. The topological polar surface area (TPSA) is 118 Å². The fourth-order valence-electron chi connectivity index (χ4n) is 3.37. The number of carboxylic acid groups (broad SMARTS) is 1. The first-order chi connectivity index (χ1) is 15.5. The number of amides is 1. The molecule has 4 rings (SSSR count). The molecule has 170 valence electrons. The minimum atomic E-state index is -3.81. The van der Waals surface area contributed by atoms with Crippen LogP contribution >= 0.6 is 11.6 Å². The molecule has 33 heavy (non-hydrogen) atoms. The molecule has 0 atom stereocenters. The Bertz CT molecular complexity index is 1460. The zero-order chi connectivity index (χ0) is 24.0. The van der Waals surface area contributed by atoms with Crippen molar-refractivity contribution in [2.24, 2.45) is 0 Å². The second-order valence-electron chi connectivity index (χ2n) is 8.23. The van der Waals surface area contributed by atoms with Gasteiger partial charge in [-0.1, -0.05) is 29.8 Å². The van der Waals surface area contributed by atoms with Gasteiger partial charge in [-0.05, 0) is 45.0 Å². The number of nitrogens with zero attached hydrogens (tertiary/aromatic N) is 5. The van der Waals surface area contributed by atoms with Gasteiger partial charge in [0.1, 0.15) is 5.15 Å². The van der Waals surface area contributed by atoms with Gasteiger partial charge in [0.05, 0.1) is 10.6 Å². The van der Waals surface area contributed by atoms with Crippen LogP contribution in [0.4, 0.5) is 10.7 Å². The molecule has 3 aromatic heterocycles. The van der Waals surface area contributed by atoms with Gasteiger partial charge >= 0.3 is 6.09 Å². The van der Waals surface area contributed by atoms with Crippen LogP contribution < -0.4 is 4.90 Å². The van der Waals surface area contributed by atoms with Gasteiger partial charge in [-0.3, -0.25) is 0 Å². The Balaban J connectivity index is 1.80. The molecule has 0 aliphatic rings. The van der Waals surface area contributed by atoms with Crippen molar-refractivity contribution in [1.29, 1.82) is 0 Å². The Morgan fingerprint density at radius 2 is 1.79 bits per heavy atom. The highest BCUT2D eigenvalue weighted by atomic mass is 35.5. The number of benzene rings is 1.